The lowest BCUT2D eigenvalue weighted by molar-refractivity contribution is 0.111. The summed E-state index contributed by atoms with van der Waals surface area (Å²) in [7, 11) is 0. The number of rotatable bonds is 8. The van der Waals surface area contributed by atoms with Crippen LogP contribution in [0.25, 0.3) is 11.1 Å². The number of imidazole rings is 1. The maximum absolute atomic E-state index is 11.9. The summed E-state index contributed by atoms with van der Waals surface area (Å²) in [4.78, 5) is 16.3. The normalized spacial score (nSPS) is 12.1. The van der Waals surface area contributed by atoms with E-state index < -0.39 is 6.04 Å². The maximum atomic E-state index is 11.9. The van der Waals surface area contributed by atoms with Crippen molar-refractivity contribution in [2.45, 2.75) is 32.2 Å². The van der Waals surface area contributed by atoms with Gasteiger partial charge in [-0.05, 0) is 33.5 Å². The second-order valence-corrected chi connectivity index (χ2v) is 7.33. The Balaban J connectivity index is 1.82. The number of carbonyl (C=O) groups excluding carboxylic acids is 1. The van der Waals surface area contributed by atoms with Gasteiger partial charge in [0.25, 0.3) is 0 Å². The smallest absolute Gasteiger partial charge is 0.176 e. The number of benzene rings is 2. The van der Waals surface area contributed by atoms with Crippen LogP contribution in [0.4, 0.5) is 0 Å². The third-order valence-corrected chi connectivity index (χ3v) is 5.33. The number of tetrazole rings is 1. The van der Waals surface area contributed by atoms with Crippen molar-refractivity contribution in [3.05, 3.63) is 82.7 Å². The molecule has 0 saturated heterocycles. The van der Waals surface area contributed by atoms with E-state index in [1.54, 1.807) is 0 Å². The summed E-state index contributed by atoms with van der Waals surface area (Å²) in [5, 5.41) is 14.6. The van der Waals surface area contributed by atoms with E-state index in [0.29, 0.717) is 17.9 Å². The van der Waals surface area contributed by atoms with E-state index in [4.69, 9.17) is 11.6 Å². The Kier molecular flexibility index (Phi) is 5.99. The minimum Gasteiger partial charge on any atom is -0.309 e. The first kappa shape index (κ1) is 20.0. The van der Waals surface area contributed by atoms with Crippen molar-refractivity contribution >= 4 is 17.9 Å². The summed E-state index contributed by atoms with van der Waals surface area (Å²) in [5.41, 5.74) is 3.46. The fraction of sp³-hybridized carbons (Fsp3) is 0.227. The predicted octanol–water partition coefficient (Wildman–Crippen LogP) is 4.51. The lowest BCUT2D eigenvalue weighted by Gasteiger charge is -2.20. The largest absolute Gasteiger partial charge is 0.309 e. The molecular weight excluding hydrogens is 400 g/mol. The molecule has 0 aliphatic heterocycles. The number of aryl methyl sites for hydroxylation is 1. The van der Waals surface area contributed by atoms with Crippen LogP contribution in [0.2, 0.25) is 5.15 Å². The van der Waals surface area contributed by atoms with Gasteiger partial charge in [0.05, 0.1) is 0 Å². The van der Waals surface area contributed by atoms with Crippen LogP contribution in [0.1, 0.15) is 53.5 Å². The van der Waals surface area contributed by atoms with E-state index in [2.05, 4.69) is 44.7 Å². The predicted molar refractivity (Wildman–Crippen MR) is 115 cm³/mol. The molecule has 0 spiro atoms. The van der Waals surface area contributed by atoms with Crippen molar-refractivity contribution in [3.63, 3.8) is 0 Å². The van der Waals surface area contributed by atoms with Gasteiger partial charge in [-0.3, -0.25) is 4.79 Å². The molecule has 0 amide bonds. The van der Waals surface area contributed by atoms with E-state index in [-0.39, 0.29) is 5.15 Å². The summed E-state index contributed by atoms with van der Waals surface area (Å²) in [6.45, 7) is 2.11. The topological polar surface area (TPSA) is 89.3 Å². The SMILES string of the molecule is CCCCc1nc(Cl)c(C=O)n1C(c1ccc(-c2ccccc2)cc1)c1nnn[nH]1. The summed E-state index contributed by atoms with van der Waals surface area (Å²) in [5.74, 6) is 1.25. The molecular formula is C22H21ClN6O. The fourth-order valence-electron chi connectivity index (χ4n) is 3.57. The Labute approximate surface area is 179 Å². The van der Waals surface area contributed by atoms with E-state index >= 15 is 0 Å². The van der Waals surface area contributed by atoms with Crippen molar-refractivity contribution in [2.24, 2.45) is 0 Å². The van der Waals surface area contributed by atoms with E-state index in [0.717, 1.165) is 41.6 Å². The third kappa shape index (κ3) is 3.89. The molecule has 2 aromatic heterocycles. The minimum atomic E-state index is -0.447. The molecule has 1 N–H and O–H groups in total. The van der Waals surface area contributed by atoms with Gasteiger partial charge in [0, 0.05) is 6.42 Å². The number of nitrogens with one attached hydrogen (secondary N) is 1. The van der Waals surface area contributed by atoms with E-state index in [1.165, 1.54) is 0 Å². The lowest BCUT2D eigenvalue weighted by atomic mass is 10.00. The Morgan fingerprint density at radius 3 is 2.47 bits per heavy atom. The zero-order valence-corrected chi connectivity index (χ0v) is 17.3. The molecule has 1 unspecified atom stereocenters. The molecule has 0 aliphatic carbocycles. The molecule has 0 fully saturated rings. The van der Waals surface area contributed by atoms with E-state index in [1.807, 2.05) is 47.0 Å². The highest BCUT2D eigenvalue weighted by atomic mass is 35.5. The molecule has 2 heterocycles. The summed E-state index contributed by atoms with van der Waals surface area (Å²) in [6, 6.07) is 17.8. The number of H-pyrrole nitrogens is 1. The number of aromatic nitrogens is 6. The Bertz CT molecular complexity index is 1110. The van der Waals surface area contributed by atoms with Gasteiger partial charge >= 0.3 is 0 Å². The van der Waals surface area contributed by atoms with Gasteiger partial charge in [-0.25, -0.2) is 10.1 Å². The van der Waals surface area contributed by atoms with Crippen LogP contribution < -0.4 is 0 Å². The molecule has 0 bridgehead atoms. The molecule has 0 saturated carbocycles. The van der Waals surface area contributed by atoms with Gasteiger partial charge in [0.2, 0.25) is 0 Å². The number of aldehydes is 1. The van der Waals surface area contributed by atoms with Crippen LogP contribution in [0.15, 0.2) is 54.6 Å². The molecule has 1 atom stereocenters. The quantitative estimate of drug-likeness (QED) is 0.423. The summed E-state index contributed by atoms with van der Waals surface area (Å²) in [6.07, 6.45) is 3.37. The lowest BCUT2D eigenvalue weighted by Crippen LogP contribution is -2.19. The fourth-order valence-corrected chi connectivity index (χ4v) is 3.80. The van der Waals surface area contributed by atoms with Crippen LogP contribution in [0, 0.1) is 0 Å². The Morgan fingerprint density at radius 1 is 1.10 bits per heavy atom. The van der Waals surface area contributed by atoms with Crippen LogP contribution in [0.5, 0.6) is 0 Å². The standard InChI is InChI=1S/C22H21ClN6O/c1-2-3-9-19-24-21(23)18(14-30)29(19)20(22-25-27-28-26-22)17-12-10-16(11-13-17)15-7-5-4-6-8-15/h4-8,10-14,20H,2-3,9H2,1H3,(H,25,26,27,28). The molecule has 8 heteroatoms. The molecule has 4 aromatic rings. The van der Waals surface area contributed by atoms with Crippen LogP contribution in [0.3, 0.4) is 0 Å². The molecule has 152 valence electrons. The van der Waals surface area contributed by atoms with E-state index in [9.17, 15) is 4.79 Å². The van der Waals surface area contributed by atoms with Gasteiger partial charge in [0.15, 0.2) is 17.3 Å². The monoisotopic (exact) mass is 420 g/mol. The highest BCUT2D eigenvalue weighted by molar-refractivity contribution is 6.31. The number of halogens is 1. The van der Waals surface area contributed by atoms with Crippen LogP contribution >= 0.6 is 11.6 Å². The second-order valence-electron chi connectivity index (χ2n) is 6.97. The molecule has 0 radical (unpaired) electrons. The first-order valence-electron chi connectivity index (χ1n) is 9.83. The summed E-state index contributed by atoms with van der Waals surface area (Å²) < 4.78 is 1.84. The minimum absolute atomic E-state index is 0.189. The van der Waals surface area contributed by atoms with Crippen molar-refractivity contribution < 1.29 is 4.79 Å². The van der Waals surface area contributed by atoms with Crippen molar-refractivity contribution in [1.29, 1.82) is 0 Å². The maximum Gasteiger partial charge on any atom is 0.176 e. The number of nitrogens with zero attached hydrogens (tertiary/aromatic N) is 5. The number of carbonyl (C=O) groups is 1. The van der Waals surface area contributed by atoms with Crippen LogP contribution in [-0.2, 0) is 6.42 Å². The Hall–Kier alpha value is -3.32. The zero-order valence-electron chi connectivity index (χ0n) is 16.5. The summed E-state index contributed by atoms with van der Waals surface area (Å²) >= 11 is 6.30. The molecule has 30 heavy (non-hydrogen) atoms. The molecule has 2 aromatic carbocycles. The zero-order chi connectivity index (χ0) is 20.9. The number of unbranched alkanes of at least 4 members (excludes halogenated alkanes) is 1. The average molecular weight is 421 g/mol. The van der Waals surface area contributed by atoms with Crippen molar-refractivity contribution in [3.8, 4) is 11.1 Å². The molecule has 0 aliphatic rings. The highest BCUT2D eigenvalue weighted by Crippen LogP contribution is 2.31. The molecule has 4 rings (SSSR count). The van der Waals surface area contributed by atoms with Gasteiger partial charge in [-0.2, -0.15) is 0 Å². The van der Waals surface area contributed by atoms with Gasteiger partial charge in [-0.1, -0.05) is 79.5 Å². The first-order valence-corrected chi connectivity index (χ1v) is 10.2. The number of hydrogen-bond acceptors (Lipinski definition) is 5. The first-order chi connectivity index (χ1) is 14.7. The Morgan fingerprint density at radius 2 is 1.83 bits per heavy atom. The number of hydrogen-bond donors (Lipinski definition) is 1. The third-order valence-electron chi connectivity index (χ3n) is 5.05. The average Bonchev–Trinajstić information content (AvgIpc) is 3.42. The van der Waals surface area contributed by atoms with Crippen LogP contribution in [-0.4, -0.2) is 36.5 Å². The highest BCUT2D eigenvalue weighted by Gasteiger charge is 2.27. The van der Waals surface area contributed by atoms with Gasteiger partial charge < -0.3 is 4.57 Å². The second kappa shape index (κ2) is 9.00. The molecule has 7 nitrogen and oxygen atoms in total. The van der Waals surface area contributed by atoms with Crippen molar-refractivity contribution in [2.75, 3.05) is 0 Å². The van der Waals surface area contributed by atoms with Crippen molar-refractivity contribution in [1.82, 2.24) is 30.2 Å². The number of aromatic amines is 1. The van der Waals surface area contributed by atoms with Gasteiger partial charge in [-0.15, -0.1) is 5.10 Å². The van der Waals surface area contributed by atoms with Gasteiger partial charge in [0.1, 0.15) is 17.6 Å².